The molecular weight excluding hydrogens is 269 g/mol. The molecule has 4 nitrogen and oxygen atoms in total. The number of hydrogen-bond donors (Lipinski definition) is 2. The highest BCUT2D eigenvalue weighted by Crippen LogP contribution is 2.16. The first-order valence-corrected chi connectivity index (χ1v) is 6.40. The van der Waals surface area contributed by atoms with E-state index in [9.17, 15) is 9.18 Å². The highest BCUT2D eigenvalue weighted by atomic mass is 19.1. The number of nitrogens with one attached hydrogen (secondary N) is 2. The second-order valence-corrected chi connectivity index (χ2v) is 4.48. The molecule has 3 rings (SSSR count). The molecule has 1 aromatic heterocycles. The van der Waals surface area contributed by atoms with Gasteiger partial charge >= 0.3 is 0 Å². The predicted octanol–water partition coefficient (Wildman–Crippen LogP) is 3.32. The SMILES string of the molecule is O=c1[nH]c(Nc2ccccc2)ncc1-c1cccc(F)c1. The smallest absolute Gasteiger partial charge is 0.260 e. The molecule has 0 saturated heterocycles. The third kappa shape index (κ3) is 2.97. The van der Waals surface area contributed by atoms with Gasteiger partial charge in [-0.2, -0.15) is 0 Å². The van der Waals surface area contributed by atoms with E-state index in [0.29, 0.717) is 17.1 Å². The van der Waals surface area contributed by atoms with Crippen LogP contribution in [0.25, 0.3) is 11.1 Å². The van der Waals surface area contributed by atoms with E-state index in [0.717, 1.165) is 5.69 Å². The molecule has 0 aliphatic heterocycles. The van der Waals surface area contributed by atoms with Crippen molar-refractivity contribution in [1.29, 1.82) is 0 Å². The highest BCUT2D eigenvalue weighted by Gasteiger charge is 2.06. The minimum atomic E-state index is -0.390. The molecule has 2 N–H and O–H groups in total. The van der Waals surface area contributed by atoms with E-state index >= 15 is 0 Å². The summed E-state index contributed by atoms with van der Waals surface area (Å²) < 4.78 is 13.2. The zero-order valence-electron chi connectivity index (χ0n) is 11.0. The number of H-pyrrole nitrogens is 1. The first kappa shape index (κ1) is 13.1. The third-order valence-electron chi connectivity index (χ3n) is 2.97. The molecule has 3 aromatic rings. The standard InChI is InChI=1S/C16H12FN3O/c17-12-6-4-5-11(9-12)14-10-18-16(20-15(14)21)19-13-7-2-1-3-8-13/h1-10H,(H2,18,19,20,21). The largest absolute Gasteiger partial charge is 0.326 e. The van der Waals surface area contributed by atoms with Gasteiger partial charge in [-0.25, -0.2) is 9.37 Å². The van der Waals surface area contributed by atoms with Crippen molar-refractivity contribution < 1.29 is 4.39 Å². The zero-order chi connectivity index (χ0) is 14.7. The van der Waals surface area contributed by atoms with Crippen LogP contribution in [0.3, 0.4) is 0 Å². The molecule has 21 heavy (non-hydrogen) atoms. The van der Waals surface area contributed by atoms with Crippen molar-refractivity contribution in [2.75, 3.05) is 5.32 Å². The van der Waals surface area contributed by atoms with Gasteiger partial charge in [-0.05, 0) is 29.8 Å². The van der Waals surface area contributed by atoms with Gasteiger partial charge in [-0.1, -0.05) is 30.3 Å². The second kappa shape index (κ2) is 5.58. The number of anilines is 2. The van der Waals surface area contributed by atoms with Crippen molar-refractivity contribution >= 4 is 11.6 Å². The van der Waals surface area contributed by atoms with Crippen LogP contribution in [0.2, 0.25) is 0 Å². The third-order valence-corrected chi connectivity index (χ3v) is 2.97. The van der Waals surface area contributed by atoms with Gasteiger partial charge in [0.25, 0.3) is 5.56 Å². The monoisotopic (exact) mass is 281 g/mol. The fourth-order valence-electron chi connectivity index (χ4n) is 1.98. The van der Waals surface area contributed by atoms with Crippen LogP contribution in [-0.2, 0) is 0 Å². The summed E-state index contributed by atoms with van der Waals surface area (Å²) in [5.74, 6) is -0.0512. The Balaban J connectivity index is 1.92. The lowest BCUT2D eigenvalue weighted by Crippen LogP contribution is -2.12. The molecule has 0 amide bonds. The van der Waals surface area contributed by atoms with E-state index in [4.69, 9.17) is 0 Å². The fraction of sp³-hybridized carbons (Fsp3) is 0. The summed E-state index contributed by atoms with van der Waals surface area (Å²) >= 11 is 0. The van der Waals surface area contributed by atoms with Gasteiger partial charge in [-0.15, -0.1) is 0 Å². The van der Waals surface area contributed by atoms with Crippen molar-refractivity contribution in [1.82, 2.24) is 9.97 Å². The quantitative estimate of drug-likeness (QED) is 0.774. The summed E-state index contributed by atoms with van der Waals surface area (Å²) in [5.41, 5.74) is 1.32. The molecule has 5 heteroatoms. The van der Waals surface area contributed by atoms with E-state index in [1.165, 1.54) is 18.3 Å². The summed E-state index contributed by atoms with van der Waals surface area (Å²) in [6, 6.07) is 15.2. The van der Waals surface area contributed by atoms with Gasteiger partial charge in [0.2, 0.25) is 5.95 Å². The summed E-state index contributed by atoms with van der Waals surface area (Å²) in [6.07, 6.45) is 1.43. The number of aromatic amines is 1. The van der Waals surface area contributed by atoms with Gasteiger partial charge < -0.3 is 5.32 Å². The molecule has 2 aromatic carbocycles. The molecule has 104 valence electrons. The number of nitrogens with zero attached hydrogens (tertiary/aromatic N) is 1. The van der Waals surface area contributed by atoms with Gasteiger partial charge in [0.05, 0.1) is 5.56 Å². The molecule has 0 aliphatic rings. The first-order valence-electron chi connectivity index (χ1n) is 6.40. The number of benzene rings is 2. The van der Waals surface area contributed by atoms with Gasteiger partial charge in [0.15, 0.2) is 0 Å². The Morgan fingerprint density at radius 3 is 2.57 bits per heavy atom. The van der Waals surface area contributed by atoms with Crippen LogP contribution < -0.4 is 10.9 Å². The predicted molar refractivity (Wildman–Crippen MR) is 80.0 cm³/mol. The molecule has 0 saturated carbocycles. The maximum atomic E-state index is 13.2. The number of halogens is 1. The Bertz CT molecular complexity index is 815. The summed E-state index contributed by atoms with van der Waals surface area (Å²) in [7, 11) is 0. The van der Waals surface area contributed by atoms with E-state index in [2.05, 4.69) is 15.3 Å². The molecular formula is C16H12FN3O. The van der Waals surface area contributed by atoms with Crippen molar-refractivity contribution in [3.63, 3.8) is 0 Å². The number of aromatic nitrogens is 2. The minimum Gasteiger partial charge on any atom is -0.326 e. The zero-order valence-corrected chi connectivity index (χ0v) is 11.0. The van der Waals surface area contributed by atoms with Crippen LogP contribution in [0, 0.1) is 5.82 Å². The number of hydrogen-bond acceptors (Lipinski definition) is 3. The van der Waals surface area contributed by atoms with E-state index in [1.54, 1.807) is 12.1 Å². The maximum absolute atomic E-state index is 13.2. The lowest BCUT2D eigenvalue weighted by atomic mass is 10.1. The molecule has 0 unspecified atom stereocenters. The Kier molecular flexibility index (Phi) is 3.47. The molecule has 0 atom stereocenters. The normalized spacial score (nSPS) is 10.3. The van der Waals surface area contributed by atoms with Crippen molar-refractivity contribution in [3.8, 4) is 11.1 Å². The van der Waals surface area contributed by atoms with Crippen LogP contribution in [0.5, 0.6) is 0 Å². The lowest BCUT2D eigenvalue weighted by molar-refractivity contribution is 0.628. The maximum Gasteiger partial charge on any atom is 0.260 e. The Hall–Kier alpha value is -2.95. The lowest BCUT2D eigenvalue weighted by Gasteiger charge is -2.06. The summed E-state index contributed by atoms with van der Waals surface area (Å²) in [4.78, 5) is 18.9. The van der Waals surface area contributed by atoms with Gasteiger partial charge in [0, 0.05) is 11.9 Å². The van der Waals surface area contributed by atoms with E-state index in [-0.39, 0.29) is 5.56 Å². The fourth-order valence-corrected chi connectivity index (χ4v) is 1.98. The highest BCUT2D eigenvalue weighted by molar-refractivity contribution is 5.62. The molecule has 0 spiro atoms. The van der Waals surface area contributed by atoms with Gasteiger partial charge in [0.1, 0.15) is 5.82 Å². The molecule has 0 fully saturated rings. The molecule has 0 radical (unpaired) electrons. The van der Waals surface area contributed by atoms with Crippen LogP contribution in [0.1, 0.15) is 0 Å². The molecule has 0 bridgehead atoms. The average molecular weight is 281 g/mol. The number of para-hydroxylation sites is 1. The number of rotatable bonds is 3. The topological polar surface area (TPSA) is 57.8 Å². The van der Waals surface area contributed by atoms with Crippen LogP contribution >= 0.6 is 0 Å². The van der Waals surface area contributed by atoms with Crippen molar-refractivity contribution in [2.45, 2.75) is 0 Å². The Morgan fingerprint density at radius 2 is 1.86 bits per heavy atom. The van der Waals surface area contributed by atoms with E-state index in [1.807, 2.05) is 30.3 Å². The van der Waals surface area contributed by atoms with Gasteiger partial charge in [-0.3, -0.25) is 9.78 Å². The Labute approximate surface area is 120 Å². The second-order valence-electron chi connectivity index (χ2n) is 4.48. The van der Waals surface area contributed by atoms with Crippen molar-refractivity contribution in [2.24, 2.45) is 0 Å². The van der Waals surface area contributed by atoms with Crippen molar-refractivity contribution in [3.05, 3.63) is 77.0 Å². The summed E-state index contributed by atoms with van der Waals surface area (Å²) in [6.45, 7) is 0. The van der Waals surface area contributed by atoms with E-state index < -0.39 is 5.82 Å². The van der Waals surface area contributed by atoms with Crippen LogP contribution in [0.4, 0.5) is 16.0 Å². The minimum absolute atomic E-state index is 0.325. The first-order chi connectivity index (χ1) is 10.2. The molecule has 1 heterocycles. The molecule has 0 aliphatic carbocycles. The van der Waals surface area contributed by atoms with Crippen LogP contribution in [0.15, 0.2) is 65.6 Å². The van der Waals surface area contributed by atoms with Crippen LogP contribution in [-0.4, -0.2) is 9.97 Å². The Morgan fingerprint density at radius 1 is 1.05 bits per heavy atom. The average Bonchev–Trinajstić information content (AvgIpc) is 2.48. The summed E-state index contributed by atoms with van der Waals surface area (Å²) in [5, 5.41) is 2.99.